The van der Waals surface area contributed by atoms with Crippen LogP contribution in [0.25, 0.3) is 6.08 Å². The lowest BCUT2D eigenvalue weighted by molar-refractivity contribution is -0.123. The van der Waals surface area contributed by atoms with Gasteiger partial charge in [0.1, 0.15) is 5.75 Å². The zero-order valence-corrected chi connectivity index (χ0v) is 19.4. The molecular weight excluding hydrogens is 452 g/mol. The van der Waals surface area contributed by atoms with Crippen molar-refractivity contribution in [3.8, 4) is 5.75 Å². The van der Waals surface area contributed by atoms with Crippen molar-refractivity contribution in [3.05, 3.63) is 107 Å². The minimum Gasteiger partial charge on any atom is -0.494 e. The molecule has 0 unspecified atom stereocenters. The van der Waals surface area contributed by atoms with Gasteiger partial charge in [0.25, 0.3) is 11.8 Å². The first-order valence-corrected chi connectivity index (χ1v) is 11.7. The monoisotopic (exact) mass is 474 g/mol. The maximum Gasteiger partial charge on any atom is 0.285 e. The Kier molecular flexibility index (Phi) is 7.55. The molecule has 0 aliphatic carbocycles. The summed E-state index contributed by atoms with van der Waals surface area (Å²) in [6, 6.07) is 26.6. The molecule has 0 radical (unpaired) electrons. The van der Waals surface area contributed by atoms with Crippen molar-refractivity contribution < 1.29 is 14.3 Å². The number of nitrogens with one attached hydrogen (secondary N) is 1. The lowest BCUT2D eigenvalue weighted by Crippen LogP contribution is -2.44. The molecule has 3 aromatic carbocycles. The summed E-state index contributed by atoms with van der Waals surface area (Å²) in [5, 5.41) is 1.12. The first-order valence-electron chi connectivity index (χ1n) is 10.5. The van der Waals surface area contributed by atoms with Crippen LogP contribution in [0.1, 0.15) is 27.9 Å². The number of hydrogen-bond acceptors (Lipinski definition) is 5. The van der Waals surface area contributed by atoms with Crippen molar-refractivity contribution in [2.75, 3.05) is 6.61 Å². The van der Waals surface area contributed by atoms with E-state index in [2.05, 4.69) is 17.6 Å². The normalized spacial score (nSPS) is 14.5. The highest BCUT2D eigenvalue weighted by Gasteiger charge is 2.33. The fourth-order valence-corrected chi connectivity index (χ4v) is 4.42. The summed E-state index contributed by atoms with van der Waals surface area (Å²) in [7, 11) is 0. The number of hydrogen-bond donors (Lipinski definition) is 1. The van der Waals surface area contributed by atoms with E-state index in [9.17, 15) is 9.59 Å². The van der Waals surface area contributed by atoms with Crippen molar-refractivity contribution in [1.82, 2.24) is 10.4 Å². The van der Waals surface area contributed by atoms with E-state index in [1.165, 1.54) is 5.56 Å². The fraction of sp³-hybridized carbons (Fsp3) is 0.115. The van der Waals surface area contributed by atoms with E-state index in [1.807, 2.05) is 48.5 Å². The summed E-state index contributed by atoms with van der Waals surface area (Å²) in [6.07, 6.45) is 3.66. The number of rotatable bonds is 8. The zero-order valence-electron chi connectivity index (χ0n) is 17.8. The molecule has 5 nitrogen and oxygen atoms in total. The van der Waals surface area contributed by atoms with E-state index in [0.717, 1.165) is 40.9 Å². The Balaban J connectivity index is 1.31. The van der Waals surface area contributed by atoms with Gasteiger partial charge in [-0.1, -0.05) is 72.4 Å². The smallest absolute Gasteiger partial charge is 0.285 e. The molecule has 1 N–H and O–H groups in total. The highest BCUT2D eigenvalue weighted by Crippen LogP contribution is 2.31. The first-order chi connectivity index (χ1) is 16.1. The van der Waals surface area contributed by atoms with Gasteiger partial charge in [-0.15, -0.1) is 0 Å². The Morgan fingerprint density at radius 1 is 0.970 bits per heavy atom. The van der Waals surface area contributed by atoms with Crippen molar-refractivity contribution in [2.45, 2.75) is 12.8 Å². The van der Waals surface area contributed by atoms with Gasteiger partial charge in [-0.25, -0.2) is 0 Å². The lowest BCUT2D eigenvalue weighted by Gasteiger charge is -2.15. The molecule has 1 fully saturated rings. The fourth-order valence-electron chi connectivity index (χ4n) is 3.24. The minimum absolute atomic E-state index is 0.286. The van der Waals surface area contributed by atoms with Gasteiger partial charge in [-0.05, 0) is 66.5 Å². The third-order valence-corrected chi connectivity index (χ3v) is 6.24. The minimum atomic E-state index is -0.387. The van der Waals surface area contributed by atoms with Crippen LogP contribution in [0, 0.1) is 0 Å². The van der Waals surface area contributed by atoms with E-state index < -0.39 is 0 Å². The first kappa shape index (κ1) is 22.8. The van der Waals surface area contributed by atoms with Gasteiger partial charge < -0.3 is 4.74 Å². The number of thioether (sulfide) groups is 1. The summed E-state index contributed by atoms with van der Waals surface area (Å²) in [5.41, 5.74) is 5.18. The summed E-state index contributed by atoms with van der Waals surface area (Å²) >= 11 is 6.44. The summed E-state index contributed by atoms with van der Waals surface area (Å²) in [6.45, 7) is 0.633. The van der Waals surface area contributed by atoms with Crippen LogP contribution in [0.3, 0.4) is 0 Å². The highest BCUT2D eigenvalue weighted by molar-refractivity contribution is 8.26. The van der Waals surface area contributed by atoms with Crippen LogP contribution >= 0.6 is 24.0 Å². The van der Waals surface area contributed by atoms with E-state index >= 15 is 0 Å². The third kappa shape index (κ3) is 6.09. The van der Waals surface area contributed by atoms with E-state index in [-0.39, 0.29) is 16.1 Å². The average molecular weight is 475 g/mol. The molecule has 1 saturated heterocycles. The molecule has 2 amide bonds. The Bertz CT molecular complexity index is 1160. The number of amides is 2. The van der Waals surface area contributed by atoms with Gasteiger partial charge in [-0.3, -0.25) is 15.0 Å². The number of benzene rings is 3. The number of aryl methyl sites for hydroxylation is 1. The number of nitrogens with zero attached hydrogens (tertiary/aromatic N) is 1. The molecule has 0 spiro atoms. The molecule has 0 saturated carbocycles. The molecule has 1 heterocycles. The maximum absolute atomic E-state index is 12.8. The predicted molar refractivity (Wildman–Crippen MR) is 136 cm³/mol. The zero-order chi connectivity index (χ0) is 23.0. The molecule has 0 atom stereocenters. The van der Waals surface area contributed by atoms with Gasteiger partial charge in [0.15, 0.2) is 4.32 Å². The summed E-state index contributed by atoms with van der Waals surface area (Å²) in [4.78, 5) is 25.6. The van der Waals surface area contributed by atoms with Crippen LogP contribution in [0.2, 0.25) is 0 Å². The van der Waals surface area contributed by atoms with Gasteiger partial charge in [0, 0.05) is 5.56 Å². The second-order valence-electron chi connectivity index (χ2n) is 7.33. The maximum atomic E-state index is 12.8. The molecule has 33 heavy (non-hydrogen) atoms. The molecule has 1 aliphatic heterocycles. The molecule has 0 aromatic heterocycles. The molecule has 3 aromatic rings. The van der Waals surface area contributed by atoms with Crippen molar-refractivity contribution in [1.29, 1.82) is 0 Å². The molecule has 7 heteroatoms. The quantitative estimate of drug-likeness (QED) is 0.275. The van der Waals surface area contributed by atoms with Crippen LogP contribution in [-0.4, -0.2) is 27.8 Å². The number of ether oxygens (including phenoxy) is 1. The Hall–Kier alpha value is -3.42. The second-order valence-corrected chi connectivity index (χ2v) is 9.01. The molecule has 4 rings (SSSR count). The Morgan fingerprint density at radius 3 is 2.33 bits per heavy atom. The highest BCUT2D eigenvalue weighted by atomic mass is 32.2. The summed E-state index contributed by atoms with van der Waals surface area (Å²) in [5.74, 6) is 0.0420. The Morgan fingerprint density at radius 2 is 1.64 bits per heavy atom. The average Bonchev–Trinajstić information content (AvgIpc) is 3.11. The van der Waals surface area contributed by atoms with Crippen LogP contribution in [-0.2, 0) is 11.2 Å². The molecular formula is C26H22N2O3S2. The van der Waals surface area contributed by atoms with Gasteiger partial charge >= 0.3 is 0 Å². The molecule has 1 aliphatic rings. The second kappa shape index (κ2) is 10.9. The van der Waals surface area contributed by atoms with Crippen LogP contribution in [0.15, 0.2) is 89.8 Å². The van der Waals surface area contributed by atoms with Crippen molar-refractivity contribution >= 4 is 46.2 Å². The molecule has 166 valence electrons. The SMILES string of the molecule is O=C(NN1C(=O)/C(=C/c2ccc(OCCCc3ccccc3)cc2)SC1=S)c1ccccc1. The lowest BCUT2D eigenvalue weighted by atomic mass is 10.1. The van der Waals surface area contributed by atoms with Gasteiger partial charge in [-0.2, -0.15) is 5.01 Å². The Labute approximate surface area is 202 Å². The van der Waals surface area contributed by atoms with Crippen LogP contribution in [0.5, 0.6) is 5.75 Å². The van der Waals surface area contributed by atoms with E-state index in [4.69, 9.17) is 17.0 Å². The molecule has 0 bridgehead atoms. The van der Waals surface area contributed by atoms with Crippen molar-refractivity contribution in [2.24, 2.45) is 0 Å². The van der Waals surface area contributed by atoms with Crippen LogP contribution in [0.4, 0.5) is 0 Å². The van der Waals surface area contributed by atoms with Crippen molar-refractivity contribution in [3.63, 3.8) is 0 Å². The largest absolute Gasteiger partial charge is 0.494 e. The number of thiocarbonyl (C=S) groups is 1. The predicted octanol–water partition coefficient (Wildman–Crippen LogP) is 5.24. The summed E-state index contributed by atoms with van der Waals surface area (Å²) < 4.78 is 6.11. The van der Waals surface area contributed by atoms with Crippen LogP contribution < -0.4 is 10.2 Å². The number of carbonyl (C=O) groups excluding carboxylic acids is 2. The van der Waals surface area contributed by atoms with E-state index in [1.54, 1.807) is 30.3 Å². The van der Waals surface area contributed by atoms with E-state index in [0.29, 0.717) is 17.1 Å². The topological polar surface area (TPSA) is 58.6 Å². The third-order valence-electron chi connectivity index (χ3n) is 4.94. The van der Waals surface area contributed by atoms with Gasteiger partial charge in [0.2, 0.25) is 0 Å². The number of hydrazine groups is 1. The number of carbonyl (C=O) groups is 2. The standard InChI is InChI=1S/C26H22N2O3S2/c29-24(21-11-5-2-6-12-21)27-28-25(30)23(33-26(28)32)18-20-13-15-22(16-14-20)31-17-7-10-19-8-3-1-4-9-19/h1-6,8-9,11-16,18H,7,10,17H2,(H,27,29)/b23-18-. The van der Waals surface area contributed by atoms with Gasteiger partial charge in [0.05, 0.1) is 11.5 Å².